The van der Waals surface area contributed by atoms with Crippen molar-refractivity contribution in [3.63, 3.8) is 0 Å². The predicted molar refractivity (Wildman–Crippen MR) is 109 cm³/mol. The van der Waals surface area contributed by atoms with Gasteiger partial charge >= 0.3 is 0 Å². The Kier molecular flexibility index (Phi) is 6.64. The summed E-state index contributed by atoms with van der Waals surface area (Å²) >= 11 is 0. The summed E-state index contributed by atoms with van der Waals surface area (Å²) in [7, 11) is 0. The monoisotopic (exact) mass is 404 g/mol. The smallest absolute Gasteiger partial charge is 0.277 e. The molecular weight excluding hydrogens is 380 g/mol. The summed E-state index contributed by atoms with van der Waals surface area (Å²) in [5.41, 5.74) is 1.76. The van der Waals surface area contributed by atoms with Crippen LogP contribution in [-0.2, 0) is 4.79 Å². The molecule has 4 rings (SSSR count). The fraction of sp³-hybridized carbons (Fsp3) is 0.474. The highest BCUT2D eigenvalue weighted by atomic mass is 35.5. The topological polar surface area (TPSA) is 92.2 Å². The number of amides is 2. The summed E-state index contributed by atoms with van der Waals surface area (Å²) in [4.78, 5) is 26.4. The minimum atomic E-state index is -0.294. The number of anilines is 2. The molecule has 0 bridgehead atoms. The van der Waals surface area contributed by atoms with Crippen LogP contribution in [0.15, 0.2) is 30.5 Å². The highest BCUT2D eigenvalue weighted by molar-refractivity contribution is 6.03. The third-order valence-corrected chi connectivity index (χ3v) is 5.16. The van der Waals surface area contributed by atoms with E-state index in [1.165, 1.54) is 0 Å². The van der Waals surface area contributed by atoms with Crippen LogP contribution in [0.3, 0.4) is 0 Å². The fourth-order valence-corrected chi connectivity index (χ4v) is 3.66. The lowest BCUT2D eigenvalue weighted by Gasteiger charge is -2.27. The van der Waals surface area contributed by atoms with Gasteiger partial charge in [-0.3, -0.25) is 9.59 Å². The zero-order valence-electron chi connectivity index (χ0n) is 15.6. The first-order valence-corrected chi connectivity index (χ1v) is 9.55. The van der Waals surface area contributed by atoms with Gasteiger partial charge in [0.15, 0.2) is 5.69 Å². The summed E-state index contributed by atoms with van der Waals surface area (Å²) in [6.45, 7) is 2.63. The third-order valence-electron chi connectivity index (χ3n) is 5.16. The first kappa shape index (κ1) is 20.3. The van der Waals surface area contributed by atoms with Crippen LogP contribution >= 0.6 is 12.4 Å². The lowest BCUT2D eigenvalue weighted by atomic mass is 10.1. The maximum atomic E-state index is 12.5. The van der Waals surface area contributed by atoms with Gasteiger partial charge in [0.05, 0.1) is 12.2 Å². The van der Waals surface area contributed by atoms with Gasteiger partial charge in [0.1, 0.15) is 0 Å². The van der Waals surface area contributed by atoms with Crippen molar-refractivity contribution in [1.82, 2.24) is 20.3 Å². The second-order valence-electron chi connectivity index (χ2n) is 7.07. The Morgan fingerprint density at radius 1 is 1.21 bits per heavy atom. The quantitative estimate of drug-likeness (QED) is 0.816. The second kappa shape index (κ2) is 9.16. The van der Waals surface area contributed by atoms with E-state index in [9.17, 15) is 9.59 Å². The summed E-state index contributed by atoms with van der Waals surface area (Å²) in [5.74, 6) is -0.160. The molecule has 8 nitrogen and oxygen atoms in total. The van der Waals surface area contributed by atoms with Crippen molar-refractivity contribution in [2.75, 3.05) is 29.9 Å². The van der Waals surface area contributed by atoms with E-state index in [1.54, 1.807) is 15.8 Å². The van der Waals surface area contributed by atoms with Crippen LogP contribution in [0.5, 0.6) is 0 Å². The van der Waals surface area contributed by atoms with Crippen LogP contribution in [0, 0.1) is 0 Å². The Bertz CT molecular complexity index is 833. The molecule has 9 heteroatoms. The SMILES string of the molecule is Cl.O=C(Nc1cccc(N2CCCCC2=O)c1)c1cn(C2CCNCC2)nn1. The fourth-order valence-electron chi connectivity index (χ4n) is 3.66. The van der Waals surface area contributed by atoms with Crippen molar-refractivity contribution in [1.29, 1.82) is 0 Å². The van der Waals surface area contributed by atoms with Gasteiger partial charge in [0.25, 0.3) is 5.91 Å². The van der Waals surface area contributed by atoms with Crippen LogP contribution in [0.4, 0.5) is 11.4 Å². The number of benzene rings is 1. The van der Waals surface area contributed by atoms with E-state index < -0.39 is 0 Å². The third kappa shape index (κ3) is 4.51. The van der Waals surface area contributed by atoms with Crippen molar-refractivity contribution in [2.45, 2.75) is 38.1 Å². The number of halogens is 1. The molecule has 0 atom stereocenters. The number of carbonyl (C=O) groups is 2. The van der Waals surface area contributed by atoms with Gasteiger partial charge in [0, 0.05) is 24.3 Å². The minimum Gasteiger partial charge on any atom is -0.320 e. The van der Waals surface area contributed by atoms with Crippen molar-refractivity contribution in [2.24, 2.45) is 0 Å². The van der Waals surface area contributed by atoms with Gasteiger partial charge < -0.3 is 15.5 Å². The molecule has 150 valence electrons. The molecule has 2 N–H and O–H groups in total. The van der Waals surface area contributed by atoms with Crippen LogP contribution in [0.25, 0.3) is 0 Å². The molecule has 2 aromatic rings. The second-order valence-corrected chi connectivity index (χ2v) is 7.07. The maximum absolute atomic E-state index is 12.5. The van der Waals surface area contributed by atoms with E-state index in [1.807, 2.05) is 24.3 Å². The Balaban J connectivity index is 0.00000225. The molecule has 1 aromatic carbocycles. The maximum Gasteiger partial charge on any atom is 0.277 e. The minimum absolute atomic E-state index is 0. The molecule has 2 fully saturated rings. The largest absolute Gasteiger partial charge is 0.320 e. The van der Waals surface area contributed by atoms with Gasteiger partial charge in [-0.15, -0.1) is 17.5 Å². The van der Waals surface area contributed by atoms with Gasteiger partial charge in [-0.1, -0.05) is 11.3 Å². The first-order chi connectivity index (χ1) is 13.2. The summed E-state index contributed by atoms with van der Waals surface area (Å²) in [6.07, 6.45) is 6.20. The van der Waals surface area contributed by atoms with E-state index in [2.05, 4.69) is 20.9 Å². The molecule has 2 saturated heterocycles. The van der Waals surface area contributed by atoms with Gasteiger partial charge in [0.2, 0.25) is 5.91 Å². The van der Waals surface area contributed by atoms with E-state index in [-0.39, 0.29) is 30.3 Å². The lowest BCUT2D eigenvalue weighted by molar-refractivity contribution is -0.119. The molecule has 28 heavy (non-hydrogen) atoms. The van der Waals surface area contributed by atoms with E-state index in [0.29, 0.717) is 17.8 Å². The Morgan fingerprint density at radius 2 is 2.04 bits per heavy atom. The van der Waals surface area contributed by atoms with Crippen molar-refractivity contribution in [3.8, 4) is 0 Å². The standard InChI is InChI=1S/C19H24N6O2.ClH/c26-18-6-1-2-11-24(18)16-5-3-4-14(12-16)21-19(27)17-13-25(23-22-17)15-7-9-20-10-8-15;/h3-5,12-13,15,20H,1-2,6-11H2,(H,21,27);1H. The first-order valence-electron chi connectivity index (χ1n) is 9.55. The van der Waals surface area contributed by atoms with Gasteiger partial charge in [-0.2, -0.15) is 0 Å². The Hall–Kier alpha value is -2.45. The zero-order valence-corrected chi connectivity index (χ0v) is 16.5. The van der Waals surface area contributed by atoms with Crippen molar-refractivity contribution >= 4 is 35.6 Å². The van der Waals surface area contributed by atoms with Crippen LogP contribution < -0.4 is 15.5 Å². The van der Waals surface area contributed by atoms with Crippen LogP contribution in [0.2, 0.25) is 0 Å². The van der Waals surface area contributed by atoms with Crippen LogP contribution in [-0.4, -0.2) is 46.4 Å². The number of hydrogen-bond acceptors (Lipinski definition) is 5. The summed E-state index contributed by atoms with van der Waals surface area (Å²) in [5, 5.41) is 14.3. The number of nitrogens with one attached hydrogen (secondary N) is 2. The molecule has 0 unspecified atom stereocenters. The van der Waals surface area contributed by atoms with E-state index in [4.69, 9.17) is 0 Å². The van der Waals surface area contributed by atoms with Gasteiger partial charge in [-0.05, 0) is 57.0 Å². The molecular formula is C19H25ClN6O2. The van der Waals surface area contributed by atoms with Crippen molar-refractivity contribution < 1.29 is 9.59 Å². The average Bonchev–Trinajstić information content (AvgIpc) is 3.20. The van der Waals surface area contributed by atoms with E-state index >= 15 is 0 Å². The molecule has 3 heterocycles. The molecule has 0 spiro atoms. The number of carbonyl (C=O) groups excluding carboxylic acids is 2. The normalized spacial score (nSPS) is 17.9. The number of rotatable bonds is 4. The molecule has 0 saturated carbocycles. The Morgan fingerprint density at radius 3 is 2.82 bits per heavy atom. The van der Waals surface area contributed by atoms with Crippen molar-refractivity contribution in [3.05, 3.63) is 36.2 Å². The highest BCUT2D eigenvalue weighted by Crippen LogP contribution is 2.24. The molecule has 0 radical (unpaired) electrons. The molecule has 2 aliphatic rings. The number of aromatic nitrogens is 3. The van der Waals surface area contributed by atoms with Crippen LogP contribution in [0.1, 0.15) is 48.6 Å². The molecule has 0 aliphatic carbocycles. The zero-order chi connectivity index (χ0) is 18.6. The number of piperidine rings is 2. The number of nitrogens with zero attached hydrogens (tertiary/aromatic N) is 4. The average molecular weight is 405 g/mol. The van der Waals surface area contributed by atoms with Gasteiger partial charge in [-0.25, -0.2) is 4.68 Å². The molecule has 1 aromatic heterocycles. The summed E-state index contributed by atoms with van der Waals surface area (Å²) < 4.78 is 1.79. The number of hydrogen-bond donors (Lipinski definition) is 2. The summed E-state index contributed by atoms with van der Waals surface area (Å²) in [6, 6.07) is 7.67. The van der Waals surface area contributed by atoms with E-state index in [0.717, 1.165) is 51.0 Å². The Labute approximate surface area is 170 Å². The molecule has 2 amide bonds. The highest BCUT2D eigenvalue weighted by Gasteiger charge is 2.21. The lowest BCUT2D eigenvalue weighted by Crippen LogP contribution is -2.35. The predicted octanol–water partition coefficient (Wildman–Crippen LogP) is 2.39. The molecule has 2 aliphatic heterocycles.